The Labute approximate surface area is 215 Å². The third kappa shape index (κ3) is 9.56. The summed E-state index contributed by atoms with van der Waals surface area (Å²) in [5.41, 5.74) is 0. The number of carboxylic acid groups (broad SMARTS) is 1. The number of carbonyl (C=O) groups excluding carboxylic acids is 1. The first-order chi connectivity index (χ1) is 17.4. The minimum atomic E-state index is -0.902. The van der Waals surface area contributed by atoms with Crippen LogP contribution in [0, 0.1) is 17.8 Å². The lowest BCUT2D eigenvalue weighted by molar-refractivity contribution is -0.235. The van der Waals surface area contributed by atoms with Crippen molar-refractivity contribution >= 4 is 11.9 Å². The smallest absolute Gasteiger partial charge is 0.355 e. The zero-order valence-corrected chi connectivity index (χ0v) is 21.8. The molecule has 3 aliphatic carbocycles. The van der Waals surface area contributed by atoms with Crippen LogP contribution >= 0.6 is 0 Å². The number of aliphatic carboxylic acids is 1. The van der Waals surface area contributed by atoms with Crippen LogP contribution in [0.4, 0.5) is 0 Å². The maximum Gasteiger partial charge on any atom is 0.355 e. The van der Waals surface area contributed by atoms with Gasteiger partial charge < -0.3 is 15.3 Å². The quantitative estimate of drug-likeness (QED) is 0.217. The summed E-state index contributed by atoms with van der Waals surface area (Å²) in [7, 11) is 0. The topological polar surface area (TPSA) is 131 Å². The Balaban J connectivity index is 1.80. The monoisotopic (exact) mass is 512 g/mol. The summed E-state index contributed by atoms with van der Waals surface area (Å²) in [6, 6.07) is -0.110. The maximum absolute atomic E-state index is 12.2. The lowest BCUT2D eigenvalue weighted by atomic mass is 9.82. The molecular formula is C27H48N2O7. The number of aliphatic hydroxyl groups excluding tert-OH is 2. The molecule has 0 amide bonds. The van der Waals surface area contributed by atoms with Gasteiger partial charge in [0.2, 0.25) is 0 Å². The number of hydrogen-bond donors (Lipinski definition) is 4. The van der Waals surface area contributed by atoms with Gasteiger partial charge in [-0.15, -0.1) is 0 Å². The van der Waals surface area contributed by atoms with Gasteiger partial charge in [0.1, 0.15) is 6.54 Å². The summed E-state index contributed by atoms with van der Waals surface area (Å²) in [6.07, 6.45) is 13.2. The summed E-state index contributed by atoms with van der Waals surface area (Å²) < 4.78 is 0. The van der Waals surface area contributed by atoms with Crippen molar-refractivity contribution in [2.24, 2.45) is 17.8 Å². The summed E-state index contributed by atoms with van der Waals surface area (Å²) in [5.74, 6) is -1.06. The Kier molecular flexibility index (Phi) is 12.4. The number of nitrogens with zero attached hydrogens (tertiary/aromatic N) is 2. The highest BCUT2D eigenvalue weighted by molar-refractivity contribution is 5.71. The van der Waals surface area contributed by atoms with Crippen molar-refractivity contribution in [3.05, 3.63) is 0 Å². The van der Waals surface area contributed by atoms with Gasteiger partial charge in [-0.05, 0) is 49.9 Å². The van der Waals surface area contributed by atoms with E-state index >= 15 is 0 Å². The van der Waals surface area contributed by atoms with E-state index in [-0.39, 0.29) is 31.0 Å². The van der Waals surface area contributed by atoms with Gasteiger partial charge in [0.25, 0.3) is 0 Å². The van der Waals surface area contributed by atoms with Gasteiger partial charge in [0.15, 0.2) is 0 Å². The Morgan fingerprint density at radius 2 is 1.33 bits per heavy atom. The van der Waals surface area contributed by atoms with Crippen molar-refractivity contribution < 1.29 is 35.1 Å². The molecule has 0 bridgehead atoms. The highest BCUT2D eigenvalue weighted by Gasteiger charge is 2.34. The summed E-state index contributed by atoms with van der Waals surface area (Å²) in [5, 5.41) is 39.9. The van der Waals surface area contributed by atoms with Crippen LogP contribution in [0.5, 0.6) is 0 Å². The second-order valence-corrected chi connectivity index (χ2v) is 11.6. The van der Waals surface area contributed by atoms with Crippen LogP contribution in [-0.4, -0.2) is 93.3 Å². The van der Waals surface area contributed by atoms with Gasteiger partial charge in [0.05, 0.1) is 18.8 Å². The van der Waals surface area contributed by atoms with Gasteiger partial charge in [-0.1, -0.05) is 57.8 Å². The molecule has 0 radical (unpaired) electrons. The average molecular weight is 513 g/mol. The van der Waals surface area contributed by atoms with Crippen molar-refractivity contribution in [3.63, 3.8) is 0 Å². The largest absolute Gasteiger partial charge is 0.480 e. The van der Waals surface area contributed by atoms with Crippen LogP contribution in [0.25, 0.3) is 0 Å². The Morgan fingerprint density at radius 1 is 0.778 bits per heavy atom. The SMILES string of the molecule is O=C(O)CN(CC1CCCCC1O)CC(CC1CCCCC1)N(CC(=O)OO)CC1CCCCC1O. The Morgan fingerprint density at radius 3 is 1.89 bits per heavy atom. The predicted octanol–water partition coefficient (Wildman–Crippen LogP) is 3.13. The number of rotatable bonds is 13. The summed E-state index contributed by atoms with van der Waals surface area (Å²) in [4.78, 5) is 32.1. The molecule has 3 fully saturated rings. The van der Waals surface area contributed by atoms with Crippen molar-refractivity contribution in [1.29, 1.82) is 0 Å². The van der Waals surface area contributed by atoms with Crippen LogP contribution in [0.15, 0.2) is 0 Å². The molecule has 0 aromatic carbocycles. The van der Waals surface area contributed by atoms with E-state index in [4.69, 9.17) is 5.26 Å². The van der Waals surface area contributed by atoms with E-state index in [0.717, 1.165) is 70.6 Å². The van der Waals surface area contributed by atoms with Gasteiger partial charge in [0, 0.05) is 25.7 Å². The molecule has 0 spiro atoms. The van der Waals surface area contributed by atoms with E-state index < -0.39 is 24.1 Å². The van der Waals surface area contributed by atoms with Crippen molar-refractivity contribution in [2.75, 3.05) is 32.7 Å². The molecule has 36 heavy (non-hydrogen) atoms. The maximum atomic E-state index is 12.2. The number of carbonyl (C=O) groups is 2. The fraction of sp³-hybridized carbons (Fsp3) is 0.926. The molecule has 3 rings (SSSR count). The van der Waals surface area contributed by atoms with Gasteiger partial charge in [-0.25, -0.2) is 4.79 Å². The van der Waals surface area contributed by atoms with Crippen LogP contribution in [0.2, 0.25) is 0 Å². The molecule has 208 valence electrons. The molecule has 0 aliphatic heterocycles. The number of carboxylic acids is 1. The van der Waals surface area contributed by atoms with Crippen LogP contribution in [0.1, 0.15) is 89.9 Å². The molecule has 3 aliphatic rings. The van der Waals surface area contributed by atoms with Crippen molar-refractivity contribution in [1.82, 2.24) is 9.80 Å². The zero-order chi connectivity index (χ0) is 25.9. The lowest BCUT2D eigenvalue weighted by Crippen LogP contribution is -2.52. The fourth-order valence-corrected chi connectivity index (χ4v) is 6.81. The predicted molar refractivity (Wildman–Crippen MR) is 135 cm³/mol. The van der Waals surface area contributed by atoms with Crippen LogP contribution in [0.3, 0.4) is 0 Å². The molecule has 0 aromatic rings. The minimum absolute atomic E-state index is 0.0344. The highest BCUT2D eigenvalue weighted by atomic mass is 17.1. The first-order valence-electron chi connectivity index (χ1n) is 14.2. The number of aliphatic hydroxyl groups is 2. The van der Waals surface area contributed by atoms with Gasteiger partial charge in [-0.2, -0.15) is 5.26 Å². The summed E-state index contributed by atoms with van der Waals surface area (Å²) >= 11 is 0. The first kappa shape index (κ1) is 29.3. The molecule has 0 heterocycles. The molecule has 0 aromatic heterocycles. The number of hydrogen-bond acceptors (Lipinski definition) is 8. The molecule has 4 N–H and O–H groups in total. The molecule has 5 atom stereocenters. The third-order valence-electron chi connectivity index (χ3n) is 8.81. The molecule has 9 nitrogen and oxygen atoms in total. The molecule has 3 saturated carbocycles. The fourth-order valence-electron chi connectivity index (χ4n) is 6.81. The average Bonchev–Trinajstić information content (AvgIpc) is 2.86. The Hall–Kier alpha value is -1.26. The second-order valence-electron chi connectivity index (χ2n) is 11.6. The summed E-state index contributed by atoms with van der Waals surface area (Å²) in [6.45, 7) is 1.28. The van der Waals surface area contributed by atoms with Crippen LogP contribution in [-0.2, 0) is 14.5 Å². The highest BCUT2D eigenvalue weighted by Crippen LogP contribution is 2.32. The van der Waals surface area contributed by atoms with E-state index in [0.29, 0.717) is 25.6 Å². The van der Waals surface area contributed by atoms with E-state index in [1.165, 1.54) is 19.3 Å². The molecule has 5 unspecified atom stereocenters. The second kappa shape index (κ2) is 15.2. The first-order valence-corrected chi connectivity index (χ1v) is 14.2. The normalized spacial score (nSPS) is 28.8. The van der Waals surface area contributed by atoms with Crippen molar-refractivity contribution in [3.8, 4) is 0 Å². The van der Waals surface area contributed by atoms with Crippen LogP contribution < -0.4 is 0 Å². The minimum Gasteiger partial charge on any atom is -0.480 e. The zero-order valence-electron chi connectivity index (χ0n) is 21.8. The lowest BCUT2D eigenvalue weighted by Gasteiger charge is -2.41. The van der Waals surface area contributed by atoms with E-state index in [1.54, 1.807) is 0 Å². The third-order valence-corrected chi connectivity index (χ3v) is 8.81. The molecular weight excluding hydrogens is 464 g/mol. The Bertz CT molecular complexity index is 673. The van der Waals surface area contributed by atoms with E-state index in [2.05, 4.69) is 4.89 Å². The molecule has 0 saturated heterocycles. The van der Waals surface area contributed by atoms with E-state index in [9.17, 15) is 24.9 Å². The standard InChI is InChI=1S/C27H48N2O7/c30-24-12-6-4-10-21(24)15-28(18-26(32)33)17-23(14-20-8-2-1-3-9-20)29(19-27(34)36-35)16-22-11-5-7-13-25(22)31/h20-25,30-31,35H,1-19H2,(H,32,33). The molecule has 9 heteroatoms. The van der Waals surface area contributed by atoms with Gasteiger partial charge >= 0.3 is 11.9 Å². The van der Waals surface area contributed by atoms with E-state index in [1.807, 2.05) is 9.80 Å². The van der Waals surface area contributed by atoms with Gasteiger partial charge in [-0.3, -0.25) is 19.5 Å². The van der Waals surface area contributed by atoms with Crippen molar-refractivity contribution in [2.45, 2.75) is 108 Å².